The van der Waals surface area contributed by atoms with E-state index in [2.05, 4.69) is 17.0 Å². The van der Waals surface area contributed by atoms with Crippen molar-refractivity contribution in [3.05, 3.63) is 35.1 Å². The number of hydrogen-bond donors (Lipinski definition) is 0. The van der Waals surface area contributed by atoms with Crippen LogP contribution in [0.25, 0.3) is 5.82 Å². The van der Waals surface area contributed by atoms with Crippen LogP contribution in [0.1, 0.15) is 63.7 Å². The van der Waals surface area contributed by atoms with E-state index in [4.69, 9.17) is 21.1 Å². The molecule has 0 N–H and O–H groups in total. The molecule has 29 heavy (non-hydrogen) atoms. The molecule has 7 heteroatoms. The van der Waals surface area contributed by atoms with Crippen LogP contribution in [0.3, 0.4) is 0 Å². The molecule has 2 aliphatic rings. The van der Waals surface area contributed by atoms with Gasteiger partial charge in [0.15, 0.2) is 5.82 Å². The van der Waals surface area contributed by atoms with Gasteiger partial charge in [-0.3, -0.25) is 0 Å². The molecule has 0 aromatic carbocycles. The zero-order valence-electron chi connectivity index (χ0n) is 17.4. The number of nitrogens with zero attached hydrogens (tertiary/aromatic N) is 3. The van der Waals surface area contributed by atoms with Crippen molar-refractivity contribution in [3.63, 3.8) is 0 Å². The molecule has 1 unspecified atom stereocenters. The molecule has 0 aliphatic heterocycles. The van der Waals surface area contributed by atoms with Gasteiger partial charge in [-0.15, -0.1) is 5.10 Å². The molecule has 0 saturated heterocycles. The summed E-state index contributed by atoms with van der Waals surface area (Å²) in [4.78, 5) is 16.5. The Morgan fingerprint density at radius 2 is 2.03 bits per heavy atom. The number of rotatable bonds is 7. The quantitative estimate of drug-likeness (QED) is 0.464. The summed E-state index contributed by atoms with van der Waals surface area (Å²) in [6, 6.07) is 5.13. The van der Waals surface area contributed by atoms with Gasteiger partial charge >= 0.3 is 5.97 Å². The highest BCUT2D eigenvalue weighted by Crippen LogP contribution is 2.58. The van der Waals surface area contributed by atoms with Gasteiger partial charge in [0.05, 0.1) is 12.2 Å². The number of hydrogen-bond acceptors (Lipinski definition) is 5. The minimum Gasteiger partial charge on any atom is -0.476 e. The lowest BCUT2D eigenvalue weighted by atomic mass is 9.87. The van der Waals surface area contributed by atoms with E-state index in [1.807, 2.05) is 26.8 Å². The Morgan fingerprint density at radius 1 is 1.31 bits per heavy atom. The van der Waals surface area contributed by atoms with Crippen molar-refractivity contribution in [1.29, 1.82) is 0 Å². The third kappa shape index (κ3) is 4.74. The second-order valence-corrected chi connectivity index (χ2v) is 9.88. The smallest absolute Gasteiger partial charge is 0.341 e. The predicted molar refractivity (Wildman–Crippen MR) is 111 cm³/mol. The summed E-state index contributed by atoms with van der Waals surface area (Å²) < 4.78 is 13.0. The van der Waals surface area contributed by atoms with Crippen molar-refractivity contribution in [2.75, 3.05) is 6.61 Å². The van der Waals surface area contributed by atoms with Crippen LogP contribution in [0.2, 0.25) is 5.15 Å². The van der Waals surface area contributed by atoms with Crippen LogP contribution in [-0.2, 0) is 4.74 Å². The molecule has 0 amide bonds. The van der Waals surface area contributed by atoms with Gasteiger partial charge in [-0.2, -0.15) is 0 Å². The lowest BCUT2D eigenvalue weighted by Gasteiger charge is -2.22. The third-order valence-corrected chi connectivity index (χ3v) is 6.08. The van der Waals surface area contributed by atoms with E-state index in [0.29, 0.717) is 29.6 Å². The maximum Gasteiger partial charge on any atom is 0.341 e. The van der Waals surface area contributed by atoms with Crippen molar-refractivity contribution in [2.24, 2.45) is 17.3 Å². The summed E-state index contributed by atoms with van der Waals surface area (Å²) in [5.74, 6) is 2.03. The number of halogens is 1. The summed E-state index contributed by atoms with van der Waals surface area (Å²) in [5.41, 5.74) is 0.0957. The summed E-state index contributed by atoms with van der Waals surface area (Å²) in [6.07, 6.45) is 7.04. The highest BCUT2D eigenvalue weighted by Gasteiger charge is 2.51. The van der Waals surface area contributed by atoms with Crippen molar-refractivity contribution in [1.82, 2.24) is 14.8 Å². The maximum absolute atomic E-state index is 12.2. The standard InChI is InChI=1S/C22H28ClN3O3/c1-21(2,3)29-20(27)15-7-8-17(24-19(15)23)26-12-9-18(25-26)28-13-16(14-5-6-14)22(4)10-11-22/h7-9,12,14,16H,5-6,10-11,13H2,1-4H3. The molecule has 156 valence electrons. The second-order valence-electron chi connectivity index (χ2n) is 9.52. The molecule has 6 nitrogen and oxygen atoms in total. The Hall–Kier alpha value is -2.08. The van der Waals surface area contributed by atoms with Gasteiger partial charge < -0.3 is 9.47 Å². The average Bonchev–Trinajstić information content (AvgIpc) is 3.54. The SMILES string of the molecule is CC(C)(C)OC(=O)c1ccc(-n2ccc(OCC(C3CC3)C3(C)CC3)n2)nc1Cl. The minimum atomic E-state index is -0.594. The van der Waals surface area contributed by atoms with Crippen LogP contribution in [0.15, 0.2) is 24.4 Å². The normalized spacial score (nSPS) is 18.9. The van der Waals surface area contributed by atoms with Crippen molar-refractivity contribution in [3.8, 4) is 11.7 Å². The van der Waals surface area contributed by atoms with Gasteiger partial charge in [-0.1, -0.05) is 18.5 Å². The Kier molecular flexibility index (Phi) is 5.09. The largest absolute Gasteiger partial charge is 0.476 e. The van der Waals surface area contributed by atoms with Gasteiger partial charge in [-0.25, -0.2) is 14.5 Å². The third-order valence-electron chi connectivity index (χ3n) is 5.79. The van der Waals surface area contributed by atoms with Gasteiger partial charge in [0.1, 0.15) is 10.8 Å². The van der Waals surface area contributed by atoms with Crippen LogP contribution in [-0.4, -0.2) is 32.9 Å². The Bertz CT molecular complexity index is 910. The summed E-state index contributed by atoms with van der Waals surface area (Å²) in [6.45, 7) is 8.51. The van der Waals surface area contributed by atoms with E-state index in [1.165, 1.54) is 25.7 Å². The van der Waals surface area contributed by atoms with E-state index in [1.54, 1.807) is 23.0 Å². The predicted octanol–water partition coefficient (Wildman–Crippen LogP) is 5.08. The summed E-state index contributed by atoms with van der Waals surface area (Å²) in [5, 5.41) is 4.55. The molecule has 2 heterocycles. The lowest BCUT2D eigenvalue weighted by Crippen LogP contribution is -2.24. The zero-order chi connectivity index (χ0) is 20.8. The van der Waals surface area contributed by atoms with Crippen molar-refractivity contribution >= 4 is 17.6 Å². The fraction of sp³-hybridized carbons (Fsp3) is 0.591. The molecular formula is C22H28ClN3O3. The molecule has 2 aliphatic carbocycles. The number of aromatic nitrogens is 3. The fourth-order valence-electron chi connectivity index (χ4n) is 3.70. The van der Waals surface area contributed by atoms with Crippen LogP contribution >= 0.6 is 11.6 Å². The van der Waals surface area contributed by atoms with Gasteiger partial charge in [0.2, 0.25) is 5.88 Å². The van der Waals surface area contributed by atoms with Gasteiger partial charge in [0.25, 0.3) is 0 Å². The van der Waals surface area contributed by atoms with E-state index in [-0.39, 0.29) is 10.7 Å². The second kappa shape index (κ2) is 7.31. The number of carbonyl (C=O) groups is 1. The molecule has 0 radical (unpaired) electrons. The molecule has 0 spiro atoms. The molecule has 2 saturated carbocycles. The first kappa shape index (κ1) is 20.2. The molecule has 2 aromatic heterocycles. The summed E-state index contributed by atoms with van der Waals surface area (Å²) >= 11 is 6.23. The highest BCUT2D eigenvalue weighted by atomic mass is 35.5. The number of pyridine rings is 1. The fourth-order valence-corrected chi connectivity index (χ4v) is 3.92. The monoisotopic (exact) mass is 417 g/mol. The molecular weight excluding hydrogens is 390 g/mol. The Morgan fingerprint density at radius 3 is 2.62 bits per heavy atom. The topological polar surface area (TPSA) is 66.2 Å². The summed E-state index contributed by atoms with van der Waals surface area (Å²) in [7, 11) is 0. The van der Waals surface area contributed by atoms with E-state index >= 15 is 0 Å². The van der Waals surface area contributed by atoms with Crippen LogP contribution in [0.5, 0.6) is 5.88 Å². The number of ether oxygens (including phenoxy) is 2. The van der Waals surface area contributed by atoms with Gasteiger partial charge in [-0.05, 0) is 69.9 Å². The Labute approximate surface area is 176 Å². The van der Waals surface area contributed by atoms with Crippen molar-refractivity contribution in [2.45, 2.75) is 59.0 Å². The lowest BCUT2D eigenvalue weighted by molar-refractivity contribution is 0.00693. The maximum atomic E-state index is 12.2. The molecule has 0 bridgehead atoms. The van der Waals surface area contributed by atoms with E-state index in [9.17, 15) is 4.79 Å². The molecule has 1 atom stereocenters. The van der Waals surface area contributed by atoms with Crippen LogP contribution < -0.4 is 4.74 Å². The van der Waals surface area contributed by atoms with E-state index < -0.39 is 11.6 Å². The van der Waals surface area contributed by atoms with Gasteiger partial charge in [0, 0.05) is 18.2 Å². The highest BCUT2D eigenvalue weighted by molar-refractivity contribution is 6.32. The molecule has 2 fully saturated rings. The molecule has 2 aromatic rings. The first-order chi connectivity index (χ1) is 13.6. The van der Waals surface area contributed by atoms with Crippen LogP contribution in [0.4, 0.5) is 0 Å². The first-order valence-corrected chi connectivity index (χ1v) is 10.6. The van der Waals surface area contributed by atoms with Crippen LogP contribution in [0, 0.1) is 17.3 Å². The zero-order valence-corrected chi connectivity index (χ0v) is 18.2. The first-order valence-electron chi connectivity index (χ1n) is 10.2. The molecule has 4 rings (SSSR count). The Balaban J connectivity index is 1.42. The number of carbonyl (C=O) groups excluding carboxylic acids is 1. The minimum absolute atomic E-state index is 0.0881. The van der Waals surface area contributed by atoms with Crippen molar-refractivity contribution < 1.29 is 14.3 Å². The average molecular weight is 418 g/mol. The number of esters is 1. The van der Waals surface area contributed by atoms with E-state index in [0.717, 1.165) is 5.92 Å².